The Balaban J connectivity index is 1.61. The number of urea groups is 1. The van der Waals surface area contributed by atoms with E-state index in [4.69, 9.17) is 4.42 Å². The monoisotopic (exact) mass is 367 g/mol. The third-order valence-electron chi connectivity index (χ3n) is 4.35. The molecule has 0 radical (unpaired) electrons. The lowest BCUT2D eigenvalue weighted by Gasteiger charge is -2.22. The second kappa shape index (κ2) is 7.86. The topological polar surface area (TPSA) is 113 Å². The number of nitrogens with zero attached hydrogens (tertiary/aromatic N) is 3. The van der Waals surface area contributed by atoms with Crippen LogP contribution >= 0.6 is 0 Å². The molecule has 1 aromatic carbocycles. The van der Waals surface area contributed by atoms with Crippen LogP contribution in [0.15, 0.2) is 57.6 Å². The molecular formula is C19H21N5O3. The van der Waals surface area contributed by atoms with Crippen molar-refractivity contribution in [1.29, 1.82) is 0 Å². The van der Waals surface area contributed by atoms with Crippen LogP contribution in [-0.2, 0) is 0 Å². The molecule has 0 bridgehead atoms. The number of allylic oxidation sites excluding steroid dienone is 3. The van der Waals surface area contributed by atoms with Crippen molar-refractivity contribution in [2.45, 2.75) is 26.7 Å². The number of phenolic OH excluding ortho intramolecular Hbond substituents is 1. The van der Waals surface area contributed by atoms with Crippen molar-refractivity contribution in [3.63, 3.8) is 0 Å². The number of carbonyl (C=O) groups excluding carboxylic acids is 1. The maximum atomic E-state index is 12.0. The van der Waals surface area contributed by atoms with E-state index < -0.39 is 6.03 Å². The van der Waals surface area contributed by atoms with Crippen LogP contribution in [0.2, 0.25) is 0 Å². The second-order valence-corrected chi connectivity index (χ2v) is 6.45. The normalized spacial score (nSPS) is 18.1. The molecule has 0 aliphatic heterocycles. The van der Waals surface area contributed by atoms with Crippen LogP contribution in [0.25, 0.3) is 11.5 Å². The Labute approximate surface area is 156 Å². The quantitative estimate of drug-likeness (QED) is 0.561. The van der Waals surface area contributed by atoms with Crippen LogP contribution in [0.5, 0.6) is 5.75 Å². The summed E-state index contributed by atoms with van der Waals surface area (Å²) in [6.45, 7) is 7.96. The Bertz CT molecular complexity index is 912. The Morgan fingerprint density at radius 1 is 1.33 bits per heavy atom. The average molecular weight is 367 g/mol. The highest BCUT2D eigenvalue weighted by atomic mass is 16.4. The average Bonchev–Trinajstić information content (AvgIpc) is 3.09. The lowest BCUT2D eigenvalue weighted by molar-refractivity contribution is 0.252. The smallest absolute Gasteiger partial charge is 0.343 e. The van der Waals surface area contributed by atoms with Crippen LogP contribution in [0.4, 0.5) is 10.8 Å². The second-order valence-electron chi connectivity index (χ2n) is 6.45. The SMILES string of the molecule is C=C(C)C1CC=C(C)/C(=N/NC(=O)Nc2nnc(-c3ccc(O)cc3)o2)C1. The van der Waals surface area contributed by atoms with Crippen molar-refractivity contribution in [3.8, 4) is 17.2 Å². The number of aromatic nitrogens is 2. The number of phenols is 1. The minimum absolute atomic E-state index is 0.0495. The van der Waals surface area contributed by atoms with Gasteiger partial charge in [-0.3, -0.25) is 5.32 Å². The minimum Gasteiger partial charge on any atom is -0.508 e. The third kappa shape index (κ3) is 4.60. The largest absolute Gasteiger partial charge is 0.508 e. The summed E-state index contributed by atoms with van der Waals surface area (Å²) in [6.07, 6.45) is 3.78. The van der Waals surface area contributed by atoms with Gasteiger partial charge in [-0.2, -0.15) is 5.10 Å². The fourth-order valence-electron chi connectivity index (χ4n) is 2.66. The van der Waals surface area contributed by atoms with E-state index in [9.17, 15) is 9.90 Å². The summed E-state index contributed by atoms with van der Waals surface area (Å²) in [5, 5.41) is 23.6. The maximum absolute atomic E-state index is 12.0. The Kier molecular flexibility index (Phi) is 5.35. The lowest BCUT2D eigenvalue weighted by Crippen LogP contribution is -2.27. The van der Waals surface area contributed by atoms with Crippen molar-refractivity contribution < 1.29 is 14.3 Å². The number of anilines is 1. The van der Waals surface area contributed by atoms with Gasteiger partial charge in [0.15, 0.2) is 0 Å². The molecule has 0 saturated heterocycles. The Hall–Kier alpha value is -3.42. The lowest BCUT2D eigenvalue weighted by atomic mass is 9.85. The van der Waals surface area contributed by atoms with Crippen LogP contribution in [-0.4, -0.2) is 27.0 Å². The maximum Gasteiger partial charge on any atom is 0.343 e. The van der Waals surface area contributed by atoms with Gasteiger partial charge in [0.1, 0.15) is 5.75 Å². The van der Waals surface area contributed by atoms with Gasteiger partial charge in [0.05, 0.1) is 5.71 Å². The van der Waals surface area contributed by atoms with E-state index in [1.807, 2.05) is 13.8 Å². The Morgan fingerprint density at radius 2 is 2.07 bits per heavy atom. The zero-order valence-electron chi connectivity index (χ0n) is 15.2. The molecule has 1 atom stereocenters. The Morgan fingerprint density at radius 3 is 2.78 bits per heavy atom. The van der Waals surface area contributed by atoms with E-state index in [0.29, 0.717) is 11.5 Å². The van der Waals surface area contributed by atoms with Gasteiger partial charge in [-0.05, 0) is 62.4 Å². The van der Waals surface area contributed by atoms with Crippen molar-refractivity contribution in [2.24, 2.45) is 11.0 Å². The van der Waals surface area contributed by atoms with Gasteiger partial charge in [0.25, 0.3) is 0 Å². The number of carbonyl (C=O) groups is 1. The van der Waals surface area contributed by atoms with E-state index in [0.717, 1.165) is 29.7 Å². The molecule has 2 amide bonds. The molecule has 3 rings (SSSR count). The van der Waals surface area contributed by atoms with Crippen molar-refractivity contribution in [1.82, 2.24) is 15.6 Å². The highest BCUT2D eigenvalue weighted by Gasteiger charge is 2.19. The molecule has 8 nitrogen and oxygen atoms in total. The summed E-state index contributed by atoms with van der Waals surface area (Å²) < 4.78 is 5.39. The van der Waals surface area contributed by atoms with Gasteiger partial charge >= 0.3 is 12.0 Å². The van der Waals surface area contributed by atoms with E-state index in [2.05, 4.69) is 38.7 Å². The number of benzene rings is 1. The minimum atomic E-state index is -0.575. The predicted molar refractivity (Wildman–Crippen MR) is 102 cm³/mol. The van der Waals surface area contributed by atoms with Gasteiger partial charge in [-0.1, -0.05) is 23.3 Å². The summed E-state index contributed by atoms with van der Waals surface area (Å²) in [5.74, 6) is 0.698. The molecule has 8 heteroatoms. The van der Waals surface area contributed by atoms with Crippen molar-refractivity contribution >= 4 is 17.8 Å². The molecular weight excluding hydrogens is 346 g/mol. The van der Waals surface area contributed by atoms with Gasteiger partial charge in [0.2, 0.25) is 5.89 Å². The van der Waals surface area contributed by atoms with Gasteiger partial charge < -0.3 is 9.52 Å². The van der Waals surface area contributed by atoms with Gasteiger partial charge in [-0.15, -0.1) is 5.10 Å². The van der Waals surface area contributed by atoms with Crippen LogP contribution < -0.4 is 10.7 Å². The number of rotatable bonds is 4. The summed E-state index contributed by atoms with van der Waals surface area (Å²) in [7, 11) is 0. The molecule has 1 unspecified atom stereocenters. The van der Waals surface area contributed by atoms with Gasteiger partial charge in [0, 0.05) is 5.56 Å². The first kappa shape index (κ1) is 18.4. The molecule has 140 valence electrons. The van der Waals surface area contributed by atoms with E-state index in [1.54, 1.807) is 12.1 Å². The first-order valence-corrected chi connectivity index (χ1v) is 8.51. The van der Waals surface area contributed by atoms with Gasteiger partial charge in [-0.25, -0.2) is 10.2 Å². The molecule has 1 aliphatic rings. The van der Waals surface area contributed by atoms with Crippen molar-refractivity contribution in [3.05, 3.63) is 48.1 Å². The molecule has 1 aromatic heterocycles. The summed E-state index contributed by atoms with van der Waals surface area (Å²) in [4.78, 5) is 12.0. The first-order chi connectivity index (χ1) is 12.9. The molecule has 27 heavy (non-hydrogen) atoms. The molecule has 1 aliphatic carbocycles. The van der Waals surface area contributed by atoms with E-state index in [-0.39, 0.29) is 17.7 Å². The van der Waals surface area contributed by atoms with Crippen LogP contribution in [0.3, 0.4) is 0 Å². The highest BCUT2D eigenvalue weighted by molar-refractivity contribution is 6.01. The summed E-state index contributed by atoms with van der Waals surface area (Å²) >= 11 is 0. The molecule has 2 aromatic rings. The summed E-state index contributed by atoms with van der Waals surface area (Å²) in [5.41, 5.74) is 6.04. The first-order valence-electron chi connectivity index (χ1n) is 8.51. The molecule has 1 heterocycles. The fraction of sp³-hybridized carbons (Fsp3) is 0.263. The van der Waals surface area contributed by atoms with Crippen molar-refractivity contribution in [2.75, 3.05) is 5.32 Å². The highest BCUT2D eigenvalue weighted by Crippen LogP contribution is 2.26. The number of amides is 2. The van der Waals surface area contributed by atoms with Crippen LogP contribution in [0, 0.1) is 5.92 Å². The standard InChI is InChI=1S/C19H21N5O3/c1-11(2)14-5-4-12(3)16(10-14)21-23-18(26)20-19-24-22-17(27-19)13-6-8-15(25)9-7-13/h4,6-9,14,25H,1,5,10H2,2-3H3,(H2,20,23,24,26)/b21-16+. The number of aromatic hydroxyl groups is 1. The van der Waals surface area contributed by atoms with E-state index >= 15 is 0 Å². The fourth-order valence-corrected chi connectivity index (χ4v) is 2.66. The molecule has 0 spiro atoms. The number of hydrogen-bond acceptors (Lipinski definition) is 6. The third-order valence-corrected chi connectivity index (χ3v) is 4.35. The molecule has 0 saturated carbocycles. The number of nitrogens with one attached hydrogen (secondary N) is 2. The summed E-state index contributed by atoms with van der Waals surface area (Å²) in [6, 6.07) is 5.66. The zero-order chi connectivity index (χ0) is 19.4. The zero-order valence-corrected chi connectivity index (χ0v) is 15.2. The molecule has 3 N–H and O–H groups in total. The van der Waals surface area contributed by atoms with Crippen LogP contribution in [0.1, 0.15) is 26.7 Å². The molecule has 0 fully saturated rings. The predicted octanol–water partition coefficient (Wildman–Crippen LogP) is 3.85. The van der Waals surface area contributed by atoms with E-state index in [1.165, 1.54) is 12.1 Å². The number of hydrogen-bond donors (Lipinski definition) is 3. The number of hydrazone groups is 1.